The lowest BCUT2D eigenvalue weighted by Gasteiger charge is -2.07. The lowest BCUT2D eigenvalue weighted by atomic mass is 10.2. The van der Waals surface area contributed by atoms with Crippen LogP contribution >= 0.6 is 23.2 Å². The summed E-state index contributed by atoms with van der Waals surface area (Å²) in [4.78, 5) is 14.6. The molecule has 18 heavy (non-hydrogen) atoms. The average molecular weight is 286 g/mol. The molecule has 0 saturated carbocycles. The summed E-state index contributed by atoms with van der Waals surface area (Å²) in [6, 6.07) is 4.61. The van der Waals surface area contributed by atoms with Crippen molar-refractivity contribution in [2.24, 2.45) is 0 Å². The first-order valence-electron chi connectivity index (χ1n) is 5.10. The van der Waals surface area contributed by atoms with Gasteiger partial charge in [0.05, 0.1) is 17.3 Å². The third-order valence-electron chi connectivity index (χ3n) is 2.51. The molecule has 0 unspecified atom stereocenters. The molecule has 1 aromatic heterocycles. The van der Waals surface area contributed by atoms with Crippen molar-refractivity contribution >= 4 is 28.9 Å². The minimum Gasteiger partial charge on any atom is -0.329 e. The van der Waals surface area contributed by atoms with E-state index in [1.807, 2.05) is 0 Å². The number of rotatable bonds is 4. The lowest BCUT2D eigenvalue weighted by Crippen LogP contribution is -2.05. The van der Waals surface area contributed by atoms with E-state index in [0.29, 0.717) is 23.0 Å². The minimum absolute atomic E-state index is 0.00303. The van der Waals surface area contributed by atoms with Crippen LogP contribution in [0.3, 0.4) is 0 Å². The van der Waals surface area contributed by atoms with Crippen molar-refractivity contribution in [1.82, 2.24) is 9.55 Å². The molecule has 0 aliphatic carbocycles. The van der Waals surface area contributed by atoms with Gasteiger partial charge in [-0.1, -0.05) is 11.6 Å². The molecule has 2 rings (SSSR count). The molecule has 0 N–H and O–H groups in total. The largest absolute Gasteiger partial charge is 0.329 e. The number of benzene rings is 1. The summed E-state index contributed by atoms with van der Waals surface area (Å²) in [7, 11) is 0. The minimum atomic E-state index is -0.446. The molecule has 1 aromatic carbocycles. The van der Waals surface area contributed by atoms with Gasteiger partial charge in [0, 0.05) is 29.0 Å². The molecule has 0 aliphatic heterocycles. The highest BCUT2D eigenvalue weighted by atomic mass is 35.5. The van der Waals surface area contributed by atoms with Crippen LogP contribution in [0.25, 0.3) is 0 Å². The van der Waals surface area contributed by atoms with Crippen molar-refractivity contribution in [2.45, 2.75) is 12.4 Å². The molecular formula is C11H9Cl2N3O2. The number of halogens is 2. The number of aromatic nitrogens is 2. The van der Waals surface area contributed by atoms with Gasteiger partial charge in [0.2, 0.25) is 0 Å². The molecule has 1 heterocycles. The summed E-state index contributed by atoms with van der Waals surface area (Å²) in [5, 5.41) is 11.3. The monoisotopic (exact) mass is 285 g/mol. The van der Waals surface area contributed by atoms with Gasteiger partial charge in [-0.2, -0.15) is 0 Å². The highest BCUT2D eigenvalue weighted by Crippen LogP contribution is 2.24. The first-order valence-corrected chi connectivity index (χ1v) is 6.02. The quantitative estimate of drug-likeness (QED) is 0.492. The number of imidazole rings is 1. The van der Waals surface area contributed by atoms with Crippen molar-refractivity contribution in [2.75, 3.05) is 0 Å². The van der Waals surface area contributed by atoms with E-state index in [9.17, 15) is 10.1 Å². The van der Waals surface area contributed by atoms with Crippen LogP contribution in [0, 0.1) is 10.1 Å². The van der Waals surface area contributed by atoms with Gasteiger partial charge in [-0.05, 0) is 12.1 Å². The molecule has 0 atom stereocenters. The topological polar surface area (TPSA) is 61.0 Å². The molecule has 0 saturated heterocycles. The number of nitro groups is 1. The summed E-state index contributed by atoms with van der Waals surface area (Å²) >= 11 is 11.5. The van der Waals surface area contributed by atoms with Gasteiger partial charge < -0.3 is 4.57 Å². The fourth-order valence-corrected chi connectivity index (χ4v) is 2.03. The Labute approximate surface area is 113 Å². The predicted molar refractivity (Wildman–Crippen MR) is 69.0 cm³/mol. The Morgan fingerprint density at radius 1 is 1.44 bits per heavy atom. The molecule has 7 heteroatoms. The summed E-state index contributed by atoms with van der Waals surface area (Å²) in [5.74, 6) is 0.926. The van der Waals surface area contributed by atoms with Gasteiger partial charge in [0.15, 0.2) is 0 Å². The Bertz CT molecular complexity index is 583. The smallest absolute Gasteiger partial charge is 0.275 e. The highest BCUT2D eigenvalue weighted by Gasteiger charge is 2.15. The van der Waals surface area contributed by atoms with Crippen molar-refractivity contribution in [1.29, 1.82) is 0 Å². The Morgan fingerprint density at radius 3 is 2.89 bits per heavy atom. The molecule has 0 radical (unpaired) electrons. The van der Waals surface area contributed by atoms with Crippen molar-refractivity contribution in [3.8, 4) is 0 Å². The molecule has 0 bridgehead atoms. The normalized spacial score (nSPS) is 10.6. The summed E-state index contributed by atoms with van der Waals surface area (Å²) in [6.07, 6.45) is 3.34. The lowest BCUT2D eigenvalue weighted by molar-refractivity contribution is -0.385. The summed E-state index contributed by atoms with van der Waals surface area (Å²) in [6.45, 7) is 0.343. The molecule has 94 valence electrons. The van der Waals surface area contributed by atoms with Gasteiger partial charge in [-0.15, -0.1) is 11.6 Å². The second kappa shape index (κ2) is 5.37. The van der Waals surface area contributed by atoms with E-state index in [1.165, 1.54) is 6.07 Å². The van der Waals surface area contributed by atoms with Gasteiger partial charge in [-0.3, -0.25) is 10.1 Å². The zero-order valence-electron chi connectivity index (χ0n) is 9.22. The second-order valence-electron chi connectivity index (χ2n) is 3.64. The van der Waals surface area contributed by atoms with Gasteiger partial charge in [0.1, 0.15) is 5.82 Å². The Balaban J connectivity index is 2.37. The number of hydrogen-bond donors (Lipinski definition) is 0. The number of nitro benzene ring substituents is 1. The Hall–Kier alpha value is -1.59. The molecular weight excluding hydrogens is 277 g/mol. The van der Waals surface area contributed by atoms with E-state index in [2.05, 4.69) is 4.98 Å². The van der Waals surface area contributed by atoms with Crippen LogP contribution in [0.15, 0.2) is 30.6 Å². The fraction of sp³-hybridized carbons (Fsp3) is 0.182. The molecule has 0 amide bonds. The summed E-state index contributed by atoms with van der Waals surface area (Å²) < 4.78 is 1.77. The summed E-state index contributed by atoms with van der Waals surface area (Å²) in [5.41, 5.74) is 0.561. The number of alkyl halides is 1. The molecule has 0 fully saturated rings. The van der Waals surface area contributed by atoms with E-state index < -0.39 is 4.92 Å². The zero-order chi connectivity index (χ0) is 13.1. The number of hydrogen-bond acceptors (Lipinski definition) is 3. The molecule has 0 spiro atoms. The average Bonchev–Trinajstić information content (AvgIpc) is 2.78. The standard InChI is InChI=1S/C11H9Cl2N3O2/c12-6-11-14-3-4-15(11)7-8-1-2-9(13)5-10(8)16(17)18/h1-5H,6-7H2. The zero-order valence-corrected chi connectivity index (χ0v) is 10.7. The van der Waals surface area contributed by atoms with E-state index in [-0.39, 0.29) is 11.6 Å². The Morgan fingerprint density at radius 2 is 2.22 bits per heavy atom. The first-order chi connectivity index (χ1) is 8.61. The van der Waals surface area contributed by atoms with Gasteiger partial charge in [0.25, 0.3) is 5.69 Å². The van der Waals surface area contributed by atoms with Gasteiger partial charge in [-0.25, -0.2) is 4.98 Å². The molecule has 2 aromatic rings. The van der Waals surface area contributed by atoms with Crippen LogP contribution in [0.5, 0.6) is 0 Å². The maximum atomic E-state index is 11.0. The fourth-order valence-electron chi connectivity index (χ4n) is 1.64. The predicted octanol–water partition coefficient (Wildman–Crippen LogP) is 3.23. The van der Waals surface area contributed by atoms with Crippen molar-refractivity contribution in [3.05, 3.63) is 57.1 Å². The third kappa shape index (κ3) is 2.63. The first kappa shape index (κ1) is 12.9. The SMILES string of the molecule is O=[N+]([O-])c1cc(Cl)ccc1Cn1ccnc1CCl. The molecule has 5 nitrogen and oxygen atoms in total. The van der Waals surface area contributed by atoms with Crippen molar-refractivity contribution in [3.63, 3.8) is 0 Å². The molecule has 0 aliphatic rings. The van der Waals surface area contributed by atoms with Crippen LogP contribution in [-0.2, 0) is 12.4 Å². The maximum absolute atomic E-state index is 11.0. The Kier molecular flexibility index (Phi) is 3.84. The maximum Gasteiger partial charge on any atom is 0.275 e. The van der Waals surface area contributed by atoms with Crippen LogP contribution in [-0.4, -0.2) is 14.5 Å². The third-order valence-corrected chi connectivity index (χ3v) is 2.98. The number of nitrogens with zero attached hydrogens (tertiary/aromatic N) is 3. The van der Waals surface area contributed by atoms with Crippen LogP contribution in [0.4, 0.5) is 5.69 Å². The van der Waals surface area contributed by atoms with Crippen LogP contribution in [0.2, 0.25) is 5.02 Å². The van der Waals surface area contributed by atoms with Crippen molar-refractivity contribution < 1.29 is 4.92 Å². The van der Waals surface area contributed by atoms with E-state index >= 15 is 0 Å². The van der Waals surface area contributed by atoms with E-state index in [1.54, 1.807) is 29.1 Å². The van der Waals surface area contributed by atoms with E-state index in [4.69, 9.17) is 23.2 Å². The highest BCUT2D eigenvalue weighted by molar-refractivity contribution is 6.30. The van der Waals surface area contributed by atoms with Gasteiger partial charge >= 0.3 is 0 Å². The second-order valence-corrected chi connectivity index (χ2v) is 4.34. The van der Waals surface area contributed by atoms with Crippen LogP contribution < -0.4 is 0 Å². The van der Waals surface area contributed by atoms with Crippen LogP contribution in [0.1, 0.15) is 11.4 Å². The van der Waals surface area contributed by atoms with E-state index in [0.717, 1.165) is 0 Å².